The first-order valence-corrected chi connectivity index (χ1v) is 7.23. The van der Waals surface area contributed by atoms with E-state index in [1.165, 1.54) is 38.5 Å². The van der Waals surface area contributed by atoms with Gasteiger partial charge in [0.25, 0.3) is 0 Å². The van der Waals surface area contributed by atoms with Gasteiger partial charge in [0.2, 0.25) is 0 Å². The van der Waals surface area contributed by atoms with Crippen molar-refractivity contribution in [2.45, 2.75) is 69.6 Å². The molecule has 0 saturated carbocycles. The van der Waals surface area contributed by atoms with E-state index < -0.39 is 0 Å². The second-order valence-corrected chi connectivity index (χ2v) is 5.66. The number of methoxy groups -OCH3 is 1. The third kappa shape index (κ3) is 2.83. The van der Waals surface area contributed by atoms with Gasteiger partial charge in [0.1, 0.15) is 0 Å². The first-order valence-electron chi connectivity index (χ1n) is 7.23. The predicted octanol–water partition coefficient (Wildman–Crippen LogP) is 2.02. The van der Waals surface area contributed by atoms with Crippen LogP contribution in [0.4, 0.5) is 0 Å². The third-order valence-corrected chi connectivity index (χ3v) is 4.69. The molecule has 2 saturated heterocycles. The summed E-state index contributed by atoms with van der Waals surface area (Å²) in [4.78, 5) is 2.79. The Kier molecular flexibility index (Phi) is 4.83. The molecule has 2 aliphatic heterocycles. The molecular weight excluding hydrogens is 212 g/mol. The zero-order chi connectivity index (χ0) is 12.3. The molecule has 3 atom stereocenters. The molecule has 0 radical (unpaired) electrons. The van der Waals surface area contributed by atoms with Crippen LogP contribution < -0.4 is 5.32 Å². The standard InChI is InChI=1S/C14H28N2O/c1-4-12(10-17-3)16-13-6-5-7-14(16)9-11(8-13)15-2/h11-15H,4-10H2,1-3H3. The number of nitrogens with zero attached hydrogens (tertiary/aromatic N) is 1. The fourth-order valence-corrected chi connectivity index (χ4v) is 3.86. The lowest BCUT2D eigenvalue weighted by Crippen LogP contribution is -2.60. The number of hydrogen-bond donors (Lipinski definition) is 1. The molecular formula is C14H28N2O. The van der Waals surface area contributed by atoms with Gasteiger partial charge in [0, 0.05) is 31.3 Å². The van der Waals surface area contributed by atoms with Crippen LogP contribution in [0.25, 0.3) is 0 Å². The van der Waals surface area contributed by atoms with Crippen molar-refractivity contribution in [2.75, 3.05) is 20.8 Å². The number of nitrogens with one attached hydrogen (secondary N) is 1. The lowest BCUT2D eigenvalue weighted by Gasteiger charge is -2.52. The molecule has 2 aliphatic rings. The Morgan fingerprint density at radius 3 is 2.41 bits per heavy atom. The minimum absolute atomic E-state index is 0.633. The van der Waals surface area contributed by atoms with Crippen LogP contribution in [0.2, 0.25) is 0 Å². The maximum Gasteiger partial charge on any atom is 0.0618 e. The second kappa shape index (κ2) is 6.17. The fourth-order valence-electron chi connectivity index (χ4n) is 3.86. The topological polar surface area (TPSA) is 24.5 Å². The van der Waals surface area contributed by atoms with Crippen molar-refractivity contribution in [3.63, 3.8) is 0 Å². The first-order chi connectivity index (χ1) is 8.30. The Labute approximate surface area is 106 Å². The van der Waals surface area contributed by atoms with E-state index in [4.69, 9.17) is 4.74 Å². The number of fused-ring (bicyclic) bond motifs is 2. The minimum atomic E-state index is 0.633. The summed E-state index contributed by atoms with van der Waals surface area (Å²) < 4.78 is 5.41. The molecule has 2 fully saturated rings. The van der Waals surface area contributed by atoms with Crippen molar-refractivity contribution in [3.05, 3.63) is 0 Å². The molecule has 0 aromatic rings. The molecule has 0 aliphatic carbocycles. The van der Waals surface area contributed by atoms with Crippen LogP contribution in [0.3, 0.4) is 0 Å². The van der Waals surface area contributed by atoms with Gasteiger partial charge >= 0.3 is 0 Å². The van der Waals surface area contributed by atoms with Crippen LogP contribution in [0.15, 0.2) is 0 Å². The van der Waals surface area contributed by atoms with Gasteiger partial charge in [-0.25, -0.2) is 0 Å². The SMILES string of the molecule is CCC(COC)N1C2CCCC1CC(NC)C2. The molecule has 0 amide bonds. The Bertz CT molecular complexity index is 220. The molecule has 3 nitrogen and oxygen atoms in total. The van der Waals surface area contributed by atoms with E-state index in [0.29, 0.717) is 6.04 Å². The van der Waals surface area contributed by atoms with Gasteiger partial charge in [0.15, 0.2) is 0 Å². The van der Waals surface area contributed by atoms with Crippen LogP contribution in [-0.2, 0) is 4.74 Å². The summed E-state index contributed by atoms with van der Waals surface area (Å²) in [6.07, 6.45) is 8.06. The van der Waals surface area contributed by atoms with E-state index >= 15 is 0 Å². The summed E-state index contributed by atoms with van der Waals surface area (Å²) >= 11 is 0. The number of piperidine rings is 2. The van der Waals surface area contributed by atoms with Crippen molar-refractivity contribution in [3.8, 4) is 0 Å². The molecule has 0 aromatic heterocycles. The van der Waals surface area contributed by atoms with Crippen LogP contribution >= 0.6 is 0 Å². The Morgan fingerprint density at radius 2 is 1.94 bits per heavy atom. The highest BCUT2D eigenvalue weighted by Crippen LogP contribution is 2.36. The summed E-state index contributed by atoms with van der Waals surface area (Å²) in [5.41, 5.74) is 0. The smallest absolute Gasteiger partial charge is 0.0618 e. The van der Waals surface area contributed by atoms with Crippen molar-refractivity contribution < 1.29 is 4.74 Å². The van der Waals surface area contributed by atoms with Crippen LogP contribution in [0, 0.1) is 0 Å². The number of rotatable bonds is 5. The molecule has 3 unspecified atom stereocenters. The molecule has 2 bridgehead atoms. The van der Waals surface area contributed by atoms with Gasteiger partial charge in [-0.05, 0) is 39.2 Å². The van der Waals surface area contributed by atoms with Crippen molar-refractivity contribution in [1.82, 2.24) is 10.2 Å². The highest BCUT2D eigenvalue weighted by atomic mass is 16.5. The van der Waals surface area contributed by atoms with Gasteiger partial charge in [-0.3, -0.25) is 4.90 Å². The van der Waals surface area contributed by atoms with E-state index in [9.17, 15) is 0 Å². The molecule has 0 aromatic carbocycles. The molecule has 3 heteroatoms. The third-order valence-electron chi connectivity index (χ3n) is 4.69. The van der Waals surface area contributed by atoms with Crippen LogP contribution in [0.5, 0.6) is 0 Å². The predicted molar refractivity (Wildman–Crippen MR) is 71.3 cm³/mol. The summed E-state index contributed by atoms with van der Waals surface area (Å²) in [5, 5.41) is 3.48. The molecule has 2 heterocycles. The van der Waals surface area contributed by atoms with Crippen molar-refractivity contribution >= 4 is 0 Å². The highest BCUT2D eigenvalue weighted by molar-refractivity contribution is 4.97. The maximum absolute atomic E-state index is 5.41. The largest absolute Gasteiger partial charge is 0.383 e. The van der Waals surface area contributed by atoms with Gasteiger partial charge in [-0.1, -0.05) is 13.3 Å². The van der Waals surface area contributed by atoms with E-state index in [-0.39, 0.29) is 0 Å². The first kappa shape index (κ1) is 13.3. The van der Waals surface area contributed by atoms with E-state index in [2.05, 4.69) is 24.2 Å². The van der Waals surface area contributed by atoms with Gasteiger partial charge < -0.3 is 10.1 Å². The average Bonchev–Trinajstić information content (AvgIpc) is 2.34. The second-order valence-electron chi connectivity index (χ2n) is 5.66. The van der Waals surface area contributed by atoms with E-state index in [1.54, 1.807) is 0 Å². The van der Waals surface area contributed by atoms with Gasteiger partial charge in [-0.2, -0.15) is 0 Å². The molecule has 100 valence electrons. The van der Waals surface area contributed by atoms with Crippen LogP contribution in [0.1, 0.15) is 45.4 Å². The summed E-state index contributed by atoms with van der Waals surface area (Å²) in [6, 6.07) is 2.95. The summed E-state index contributed by atoms with van der Waals surface area (Å²) in [5.74, 6) is 0. The van der Waals surface area contributed by atoms with Gasteiger partial charge in [-0.15, -0.1) is 0 Å². The highest BCUT2D eigenvalue weighted by Gasteiger charge is 2.40. The number of ether oxygens (including phenoxy) is 1. The van der Waals surface area contributed by atoms with Gasteiger partial charge in [0.05, 0.1) is 6.61 Å². The Balaban J connectivity index is 2.06. The molecule has 17 heavy (non-hydrogen) atoms. The Morgan fingerprint density at radius 1 is 1.29 bits per heavy atom. The van der Waals surface area contributed by atoms with Crippen molar-refractivity contribution in [1.29, 1.82) is 0 Å². The van der Waals surface area contributed by atoms with E-state index in [1.807, 2.05) is 7.11 Å². The summed E-state index contributed by atoms with van der Waals surface area (Å²) in [7, 11) is 3.95. The lowest BCUT2D eigenvalue weighted by molar-refractivity contribution is -0.0350. The zero-order valence-electron chi connectivity index (χ0n) is 11.6. The number of hydrogen-bond acceptors (Lipinski definition) is 3. The average molecular weight is 240 g/mol. The fraction of sp³-hybridized carbons (Fsp3) is 1.00. The molecule has 2 rings (SSSR count). The minimum Gasteiger partial charge on any atom is -0.383 e. The zero-order valence-corrected chi connectivity index (χ0v) is 11.6. The van der Waals surface area contributed by atoms with E-state index in [0.717, 1.165) is 24.7 Å². The molecule has 0 spiro atoms. The van der Waals surface area contributed by atoms with Crippen LogP contribution in [-0.4, -0.2) is 49.8 Å². The molecule has 1 N–H and O–H groups in total. The normalized spacial score (nSPS) is 35.8. The Hall–Kier alpha value is -0.120. The maximum atomic E-state index is 5.41. The quantitative estimate of drug-likeness (QED) is 0.795. The monoisotopic (exact) mass is 240 g/mol. The van der Waals surface area contributed by atoms with Crippen molar-refractivity contribution in [2.24, 2.45) is 0 Å². The lowest BCUT2D eigenvalue weighted by atomic mass is 9.80. The summed E-state index contributed by atoms with van der Waals surface area (Å²) in [6.45, 7) is 3.19.